The molecule has 5 nitrogen and oxygen atoms in total. The SMILES string of the molecule is Cc1c(CC(=O)O)cc([B-](F)(F)F)cc1N(C)C(=O)OC(C)(C)C.[K+]. The fraction of sp³-hybridized carbons (Fsp3) is 0.467. The predicted octanol–water partition coefficient (Wildman–Crippen LogP) is 0.0518. The molecule has 1 N–H and O–H groups in total. The van der Waals surface area contributed by atoms with Crippen molar-refractivity contribution in [2.45, 2.75) is 39.7 Å². The zero-order chi connectivity index (χ0) is 18.9. The van der Waals surface area contributed by atoms with Gasteiger partial charge in [0.15, 0.2) is 0 Å². The fourth-order valence-electron chi connectivity index (χ4n) is 2.09. The number of carbonyl (C=O) groups is 2. The monoisotopic (exact) mass is 385 g/mol. The average molecular weight is 385 g/mol. The minimum atomic E-state index is -5.34. The summed E-state index contributed by atoms with van der Waals surface area (Å²) < 4.78 is 44.5. The number of aliphatic carboxylic acids is 1. The van der Waals surface area contributed by atoms with Crippen molar-refractivity contribution in [1.82, 2.24) is 0 Å². The number of hydrogen-bond donors (Lipinski definition) is 1. The Kier molecular flexibility index (Phi) is 8.70. The maximum absolute atomic E-state index is 13.1. The molecule has 25 heavy (non-hydrogen) atoms. The second-order valence-corrected chi connectivity index (χ2v) is 6.51. The van der Waals surface area contributed by atoms with Gasteiger partial charge in [0.25, 0.3) is 0 Å². The van der Waals surface area contributed by atoms with E-state index < -0.39 is 36.5 Å². The van der Waals surface area contributed by atoms with Gasteiger partial charge in [-0.2, -0.15) is 0 Å². The summed E-state index contributed by atoms with van der Waals surface area (Å²) in [5.74, 6) is -1.25. The summed E-state index contributed by atoms with van der Waals surface area (Å²) >= 11 is 0. The first-order valence-corrected chi connectivity index (χ1v) is 7.24. The van der Waals surface area contributed by atoms with Gasteiger partial charge in [-0.3, -0.25) is 9.69 Å². The van der Waals surface area contributed by atoms with E-state index in [1.807, 2.05) is 0 Å². The summed E-state index contributed by atoms with van der Waals surface area (Å²) in [6.07, 6.45) is -1.39. The molecule has 0 saturated carbocycles. The van der Waals surface area contributed by atoms with Crippen LogP contribution in [0.2, 0.25) is 0 Å². The second kappa shape index (κ2) is 8.90. The van der Waals surface area contributed by atoms with Crippen molar-refractivity contribution in [3.8, 4) is 0 Å². The predicted molar refractivity (Wildman–Crippen MR) is 85.9 cm³/mol. The Bertz CT molecular complexity index is 659. The van der Waals surface area contributed by atoms with Crippen LogP contribution in [-0.2, 0) is 16.0 Å². The number of halogens is 3. The Morgan fingerprint density at radius 1 is 1.24 bits per heavy atom. The zero-order valence-corrected chi connectivity index (χ0v) is 18.3. The van der Waals surface area contributed by atoms with Crippen molar-refractivity contribution in [1.29, 1.82) is 0 Å². The van der Waals surface area contributed by atoms with Crippen LogP contribution in [0, 0.1) is 6.92 Å². The number of anilines is 1. The first-order chi connectivity index (χ1) is 10.7. The first-order valence-electron chi connectivity index (χ1n) is 7.24. The number of carbonyl (C=O) groups excluding carboxylic acids is 1. The quantitative estimate of drug-likeness (QED) is 0.745. The molecule has 0 unspecified atom stereocenters. The van der Waals surface area contributed by atoms with Gasteiger partial charge >= 0.3 is 70.4 Å². The van der Waals surface area contributed by atoms with Gasteiger partial charge in [-0.1, -0.05) is 12.1 Å². The Hall–Kier alpha value is -0.549. The Labute approximate surface area is 187 Å². The molecule has 0 saturated heterocycles. The Morgan fingerprint density at radius 2 is 1.76 bits per heavy atom. The van der Waals surface area contributed by atoms with Gasteiger partial charge in [-0.15, -0.1) is 5.46 Å². The smallest absolute Gasteiger partial charge is 0.481 e. The van der Waals surface area contributed by atoms with E-state index in [2.05, 4.69) is 0 Å². The van der Waals surface area contributed by atoms with Crippen LogP contribution in [0.4, 0.5) is 23.4 Å². The average Bonchev–Trinajstić information content (AvgIpc) is 2.36. The molecule has 1 aromatic carbocycles. The number of rotatable bonds is 4. The van der Waals surface area contributed by atoms with Crippen LogP contribution in [0.3, 0.4) is 0 Å². The van der Waals surface area contributed by atoms with Gasteiger partial charge in [0, 0.05) is 12.7 Å². The molecule has 134 valence electrons. The summed E-state index contributed by atoms with van der Waals surface area (Å²) in [4.78, 5) is 24.0. The molecule has 0 atom stereocenters. The maximum Gasteiger partial charge on any atom is 1.00 e. The molecule has 0 spiro atoms. The molecular weight excluding hydrogens is 365 g/mol. The van der Waals surface area contributed by atoms with Crippen molar-refractivity contribution in [2.75, 3.05) is 11.9 Å². The van der Waals surface area contributed by atoms with E-state index >= 15 is 0 Å². The van der Waals surface area contributed by atoms with Gasteiger partial charge in [-0.05, 0) is 38.8 Å². The Balaban J connectivity index is 0.00000576. The van der Waals surface area contributed by atoms with Gasteiger partial charge in [-0.25, -0.2) is 4.79 Å². The third-order valence-corrected chi connectivity index (χ3v) is 3.26. The zero-order valence-electron chi connectivity index (χ0n) is 15.2. The molecule has 0 aliphatic rings. The molecule has 1 amide bonds. The second-order valence-electron chi connectivity index (χ2n) is 6.51. The third-order valence-electron chi connectivity index (χ3n) is 3.26. The molecule has 10 heteroatoms. The summed E-state index contributed by atoms with van der Waals surface area (Å²) in [6.45, 7) is 1.04. The summed E-state index contributed by atoms with van der Waals surface area (Å²) in [5, 5.41) is 8.90. The van der Waals surface area contributed by atoms with E-state index in [0.717, 1.165) is 17.0 Å². The van der Waals surface area contributed by atoms with Crippen molar-refractivity contribution < 1.29 is 83.8 Å². The van der Waals surface area contributed by atoms with Gasteiger partial charge in [0.2, 0.25) is 0 Å². The van der Waals surface area contributed by atoms with Crippen molar-refractivity contribution in [3.05, 3.63) is 23.3 Å². The third kappa shape index (κ3) is 7.30. The summed E-state index contributed by atoms with van der Waals surface area (Å²) in [5.41, 5.74) is -1.51. The molecule has 0 heterocycles. The van der Waals surface area contributed by atoms with Gasteiger partial charge < -0.3 is 22.8 Å². The van der Waals surface area contributed by atoms with Crippen molar-refractivity contribution >= 4 is 30.2 Å². The molecule has 0 aromatic heterocycles. The molecule has 1 rings (SSSR count). The van der Waals surface area contributed by atoms with Crippen LogP contribution in [0.1, 0.15) is 31.9 Å². The van der Waals surface area contributed by atoms with Crippen LogP contribution in [0.15, 0.2) is 12.1 Å². The topological polar surface area (TPSA) is 66.8 Å². The molecule has 1 aromatic rings. The van der Waals surface area contributed by atoms with Crippen molar-refractivity contribution in [2.24, 2.45) is 0 Å². The van der Waals surface area contributed by atoms with Crippen LogP contribution >= 0.6 is 0 Å². The standard InChI is InChI=1S/C15H20BF3NO4.K/c1-9-10(7-13(21)22)6-11(16(17,18)19)8-12(9)20(5)14(23)24-15(2,3)4;/h6,8H,7H2,1-5H3,(H,21,22);/q-1;+1. The number of nitrogens with zero attached hydrogens (tertiary/aromatic N) is 1. The van der Waals surface area contributed by atoms with Gasteiger partial charge in [0.05, 0.1) is 6.42 Å². The van der Waals surface area contributed by atoms with Crippen molar-refractivity contribution in [3.63, 3.8) is 0 Å². The number of amides is 1. The van der Waals surface area contributed by atoms with Crippen LogP contribution < -0.4 is 61.7 Å². The molecular formula is C15H20BF3KNO4. The van der Waals surface area contributed by atoms with E-state index in [0.29, 0.717) is 0 Å². The van der Waals surface area contributed by atoms with Gasteiger partial charge in [0.1, 0.15) is 5.60 Å². The number of carboxylic acid groups (broad SMARTS) is 1. The van der Waals surface area contributed by atoms with E-state index in [1.165, 1.54) is 14.0 Å². The Morgan fingerprint density at radius 3 is 2.16 bits per heavy atom. The molecule has 0 aliphatic carbocycles. The first kappa shape index (κ1) is 24.5. The minimum absolute atomic E-state index is 0. The van der Waals surface area contributed by atoms with E-state index in [1.54, 1.807) is 20.8 Å². The summed E-state index contributed by atoms with van der Waals surface area (Å²) in [7, 11) is 1.29. The number of carboxylic acids is 1. The number of hydrogen-bond acceptors (Lipinski definition) is 3. The van der Waals surface area contributed by atoms with E-state index in [4.69, 9.17) is 9.84 Å². The molecule has 0 bridgehead atoms. The van der Waals surface area contributed by atoms with Crippen LogP contribution in [-0.4, -0.2) is 36.8 Å². The van der Waals surface area contributed by atoms with Crippen LogP contribution in [0.25, 0.3) is 0 Å². The number of benzene rings is 1. The fourth-order valence-corrected chi connectivity index (χ4v) is 2.09. The maximum atomic E-state index is 13.1. The normalized spacial score (nSPS) is 11.5. The molecule has 0 aliphatic heterocycles. The number of ether oxygens (including phenoxy) is 1. The summed E-state index contributed by atoms with van der Waals surface area (Å²) in [6, 6.07) is 1.65. The van der Waals surface area contributed by atoms with E-state index in [9.17, 15) is 22.5 Å². The molecule has 0 radical (unpaired) electrons. The van der Waals surface area contributed by atoms with Crippen LogP contribution in [0.5, 0.6) is 0 Å². The minimum Gasteiger partial charge on any atom is -0.481 e. The van der Waals surface area contributed by atoms with E-state index in [-0.39, 0.29) is 68.2 Å². The molecule has 0 fully saturated rings. The largest absolute Gasteiger partial charge is 1.00 e.